The predicted molar refractivity (Wildman–Crippen MR) is 195 cm³/mol. The standard InChI is InChI=1S/C44H32N2/c1-23-17-33-35(19-25(23)3)43-42(28-14-16-40-32(22-28)30-10-6-8-12-38(30)46-40)34-18-24(2)26(4)20-36(34)44(43)41(33)27-13-15-39-31(21-27)29-9-5-7-11-37(29)45-39/h5-22,45-46H,1-4H3. The molecule has 2 N–H and O–H groups in total. The molecule has 6 aromatic carbocycles. The molecule has 0 saturated heterocycles. The van der Waals surface area contributed by atoms with Crippen LogP contribution in [0.2, 0.25) is 0 Å². The number of hydrogen-bond donors (Lipinski definition) is 2. The summed E-state index contributed by atoms with van der Waals surface area (Å²) in [6.07, 6.45) is 0. The van der Waals surface area contributed by atoms with Gasteiger partial charge in [0.1, 0.15) is 0 Å². The number of rotatable bonds is 2. The molecule has 0 saturated carbocycles. The molecule has 2 heteroatoms. The van der Waals surface area contributed by atoms with E-state index in [2.05, 4.69) is 147 Å². The van der Waals surface area contributed by atoms with Crippen molar-refractivity contribution in [3.8, 4) is 0 Å². The SMILES string of the molecule is Cc1cc2c(cc1C)C(c1ccc3[nH]c4ccccc4c3c1)=C1C2=C(c2ccc3[nH]c4ccccc4c3c2)c2cc(C)c(C)cc21. The second-order valence-electron chi connectivity index (χ2n) is 13.3. The van der Waals surface area contributed by atoms with Gasteiger partial charge >= 0.3 is 0 Å². The lowest BCUT2D eigenvalue weighted by Gasteiger charge is -2.15. The Hall–Kier alpha value is -5.60. The minimum Gasteiger partial charge on any atom is -0.355 e. The monoisotopic (exact) mass is 588 g/mol. The van der Waals surface area contributed by atoms with E-state index in [1.165, 1.54) is 122 Å². The van der Waals surface area contributed by atoms with E-state index in [-0.39, 0.29) is 0 Å². The van der Waals surface area contributed by atoms with Gasteiger partial charge in [-0.2, -0.15) is 0 Å². The second kappa shape index (κ2) is 8.99. The quantitative estimate of drug-likeness (QED) is 0.201. The summed E-state index contributed by atoms with van der Waals surface area (Å²) in [6.45, 7) is 8.99. The van der Waals surface area contributed by atoms with Gasteiger partial charge in [-0.15, -0.1) is 0 Å². The maximum Gasteiger partial charge on any atom is 0.0465 e. The molecule has 2 aliphatic rings. The molecular weight excluding hydrogens is 556 g/mol. The predicted octanol–water partition coefficient (Wildman–Crippen LogP) is 11.4. The lowest BCUT2D eigenvalue weighted by molar-refractivity contribution is 1.32. The number of H-pyrrole nitrogens is 2. The Morgan fingerprint density at radius 2 is 0.674 bits per heavy atom. The third kappa shape index (κ3) is 3.36. The highest BCUT2D eigenvalue weighted by Gasteiger charge is 2.38. The van der Waals surface area contributed by atoms with Crippen molar-refractivity contribution in [2.45, 2.75) is 27.7 Å². The number of aryl methyl sites for hydroxylation is 4. The number of para-hydroxylation sites is 2. The topological polar surface area (TPSA) is 31.6 Å². The van der Waals surface area contributed by atoms with Crippen LogP contribution in [-0.4, -0.2) is 9.97 Å². The van der Waals surface area contributed by atoms with Crippen molar-refractivity contribution in [1.82, 2.24) is 9.97 Å². The summed E-state index contributed by atoms with van der Waals surface area (Å²) < 4.78 is 0. The van der Waals surface area contributed by atoms with Gasteiger partial charge in [-0.25, -0.2) is 0 Å². The van der Waals surface area contributed by atoms with E-state index in [1.807, 2.05) is 0 Å². The Morgan fingerprint density at radius 3 is 1.09 bits per heavy atom. The summed E-state index contributed by atoms with van der Waals surface area (Å²) in [4.78, 5) is 7.27. The zero-order chi connectivity index (χ0) is 30.8. The van der Waals surface area contributed by atoms with Gasteiger partial charge < -0.3 is 9.97 Å². The van der Waals surface area contributed by atoms with Crippen LogP contribution in [0.25, 0.3) is 65.9 Å². The lowest BCUT2D eigenvalue weighted by Crippen LogP contribution is -1.96. The summed E-state index contributed by atoms with van der Waals surface area (Å²) >= 11 is 0. The van der Waals surface area contributed by atoms with E-state index in [1.54, 1.807) is 0 Å². The molecule has 0 unspecified atom stereocenters. The van der Waals surface area contributed by atoms with Crippen molar-refractivity contribution in [1.29, 1.82) is 0 Å². The van der Waals surface area contributed by atoms with Crippen LogP contribution in [0, 0.1) is 27.7 Å². The fraction of sp³-hybridized carbons (Fsp3) is 0.0909. The first-order valence-corrected chi connectivity index (χ1v) is 16.2. The molecule has 0 radical (unpaired) electrons. The summed E-state index contributed by atoms with van der Waals surface area (Å²) in [5.41, 5.74) is 23.3. The van der Waals surface area contributed by atoms with Gasteiger partial charge in [-0.05, 0) is 142 Å². The zero-order valence-electron chi connectivity index (χ0n) is 26.4. The van der Waals surface area contributed by atoms with E-state index in [9.17, 15) is 0 Å². The molecule has 0 spiro atoms. The number of aromatic nitrogens is 2. The second-order valence-corrected chi connectivity index (χ2v) is 13.3. The largest absolute Gasteiger partial charge is 0.355 e. The number of hydrogen-bond acceptors (Lipinski definition) is 0. The molecule has 0 amide bonds. The Morgan fingerprint density at radius 1 is 0.326 bits per heavy atom. The molecular formula is C44H32N2. The van der Waals surface area contributed by atoms with Gasteiger partial charge in [0.05, 0.1) is 0 Å². The summed E-state index contributed by atoms with van der Waals surface area (Å²) in [5, 5.41) is 5.08. The highest BCUT2D eigenvalue weighted by atomic mass is 14.7. The van der Waals surface area contributed by atoms with Crippen molar-refractivity contribution >= 4 is 65.9 Å². The molecule has 10 rings (SSSR count). The molecule has 8 aromatic rings. The minimum absolute atomic E-state index is 1.18. The molecule has 2 heterocycles. The van der Waals surface area contributed by atoms with Gasteiger partial charge in [0.2, 0.25) is 0 Å². The first kappa shape index (κ1) is 25.7. The minimum atomic E-state index is 1.18. The van der Waals surface area contributed by atoms with Gasteiger partial charge in [0, 0.05) is 43.6 Å². The molecule has 218 valence electrons. The third-order valence-corrected chi connectivity index (χ3v) is 10.7. The number of fused-ring (bicyclic) bond motifs is 11. The number of nitrogens with one attached hydrogen (secondary N) is 2. The summed E-state index contributed by atoms with van der Waals surface area (Å²) in [6, 6.07) is 41.0. The fourth-order valence-corrected chi connectivity index (χ4v) is 8.12. The summed E-state index contributed by atoms with van der Waals surface area (Å²) in [7, 11) is 0. The maximum atomic E-state index is 3.63. The van der Waals surface area contributed by atoms with Crippen molar-refractivity contribution in [2.24, 2.45) is 0 Å². The third-order valence-electron chi connectivity index (χ3n) is 10.7. The van der Waals surface area contributed by atoms with Crippen molar-refractivity contribution in [3.63, 3.8) is 0 Å². The van der Waals surface area contributed by atoms with Crippen LogP contribution in [0.1, 0.15) is 55.6 Å². The van der Waals surface area contributed by atoms with Gasteiger partial charge in [0.15, 0.2) is 0 Å². The Labute approximate surface area is 267 Å². The van der Waals surface area contributed by atoms with E-state index < -0.39 is 0 Å². The van der Waals surface area contributed by atoms with Crippen LogP contribution in [0.5, 0.6) is 0 Å². The van der Waals surface area contributed by atoms with Gasteiger partial charge in [0.25, 0.3) is 0 Å². The van der Waals surface area contributed by atoms with Crippen molar-refractivity contribution in [2.75, 3.05) is 0 Å². The highest BCUT2D eigenvalue weighted by Crippen LogP contribution is 2.59. The first-order chi connectivity index (χ1) is 22.4. The van der Waals surface area contributed by atoms with Crippen LogP contribution >= 0.6 is 0 Å². The Kier molecular flexibility index (Phi) is 5.02. The van der Waals surface area contributed by atoms with Crippen molar-refractivity contribution < 1.29 is 0 Å². The van der Waals surface area contributed by atoms with E-state index in [0.717, 1.165) is 0 Å². The maximum absolute atomic E-state index is 3.63. The van der Waals surface area contributed by atoms with E-state index in [4.69, 9.17) is 0 Å². The van der Waals surface area contributed by atoms with Gasteiger partial charge in [-0.1, -0.05) is 72.8 Å². The molecule has 2 aromatic heterocycles. The Bertz CT molecular complexity index is 2530. The normalized spacial score (nSPS) is 13.9. The zero-order valence-corrected chi connectivity index (χ0v) is 26.4. The molecule has 2 nitrogen and oxygen atoms in total. The molecule has 0 atom stereocenters. The molecule has 0 bridgehead atoms. The smallest absolute Gasteiger partial charge is 0.0465 e. The van der Waals surface area contributed by atoms with Crippen LogP contribution in [0.3, 0.4) is 0 Å². The molecule has 2 aliphatic carbocycles. The average Bonchev–Trinajstić information content (AvgIpc) is 3.79. The van der Waals surface area contributed by atoms with Crippen LogP contribution in [0.4, 0.5) is 0 Å². The number of benzene rings is 6. The van der Waals surface area contributed by atoms with Gasteiger partial charge in [-0.3, -0.25) is 0 Å². The number of allylic oxidation sites excluding steroid dienone is 2. The van der Waals surface area contributed by atoms with Crippen LogP contribution < -0.4 is 0 Å². The highest BCUT2D eigenvalue weighted by molar-refractivity contribution is 6.36. The van der Waals surface area contributed by atoms with E-state index in [0.29, 0.717) is 0 Å². The molecule has 0 fully saturated rings. The van der Waals surface area contributed by atoms with E-state index >= 15 is 0 Å². The Balaban J connectivity index is 1.34. The summed E-state index contributed by atoms with van der Waals surface area (Å²) in [5.74, 6) is 0. The average molecular weight is 589 g/mol. The number of aromatic amines is 2. The van der Waals surface area contributed by atoms with Crippen molar-refractivity contribution in [3.05, 3.63) is 165 Å². The lowest BCUT2D eigenvalue weighted by atomic mass is 9.88. The fourth-order valence-electron chi connectivity index (χ4n) is 8.12. The van der Waals surface area contributed by atoms with Crippen LogP contribution in [-0.2, 0) is 0 Å². The molecule has 0 aliphatic heterocycles. The molecule has 46 heavy (non-hydrogen) atoms. The first-order valence-electron chi connectivity index (χ1n) is 16.2. The van der Waals surface area contributed by atoms with Crippen LogP contribution in [0.15, 0.2) is 109 Å².